The van der Waals surface area contributed by atoms with Crippen LogP contribution in [0.5, 0.6) is 11.6 Å². The van der Waals surface area contributed by atoms with Crippen LogP contribution in [0.4, 0.5) is 17.2 Å². The lowest BCUT2D eigenvalue weighted by Gasteiger charge is -2.10. The Morgan fingerprint density at radius 2 is 1.73 bits per heavy atom. The summed E-state index contributed by atoms with van der Waals surface area (Å²) in [4.78, 5) is 19.0. The van der Waals surface area contributed by atoms with Crippen LogP contribution in [-0.4, -0.2) is 14.9 Å². The molecule has 0 amide bonds. The number of hydrogen-bond acceptors (Lipinski definition) is 6. The van der Waals surface area contributed by atoms with Crippen molar-refractivity contribution in [3.05, 3.63) is 76.6 Å². The molecule has 0 radical (unpaired) electrons. The van der Waals surface area contributed by atoms with Gasteiger partial charge in [-0.2, -0.15) is 4.98 Å². The Hall–Kier alpha value is -3.48. The van der Waals surface area contributed by atoms with Crippen molar-refractivity contribution in [2.24, 2.45) is 0 Å². The van der Waals surface area contributed by atoms with Gasteiger partial charge in [-0.25, -0.2) is 4.98 Å². The number of nitrogens with zero attached hydrogens (tertiary/aromatic N) is 3. The van der Waals surface area contributed by atoms with Crippen molar-refractivity contribution in [1.82, 2.24) is 9.97 Å². The van der Waals surface area contributed by atoms with Gasteiger partial charge in [0.1, 0.15) is 12.1 Å². The largest absolute Gasteiger partial charge is 0.434 e. The number of anilines is 2. The average molecular weight is 350 g/mol. The van der Waals surface area contributed by atoms with Gasteiger partial charge in [0.2, 0.25) is 5.82 Å². The number of aromatic nitrogens is 2. The number of rotatable bonds is 6. The third kappa shape index (κ3) is 3.94. The van der Waals surface area contributed by atoms with Crippen LogP contribution in [0.25, 0.3) is 0 Å². The van der Waals surface area contributed by atoms with E-state index in [9.17, 15) is 10.1 Å². The smallest absolute Gasteiger partial charge is 0.373 e. The predicted octanol–water partition coefficient (Wildman–Crippen LogP) is 5.04. The molecule has 7 nitrogen and oxygen atoms in total. The molecule has 3 aromatic rings. The van der Waals surface area contributed by atoms with Gasteiger partial charge in [0.05, 0.1) is 4.92 Å². The Kier molecular flexibility index (Phi) is 5.07. The predicted molar refractivity (Wildman–Crippen MR) is 99.0 cm³/mol. The minimum Gasteiger partial charge on any atom is -0.434 e. The summed E-state index contributed by atoms with van der Waals surface area (Å²) < 4.78 is 5.65. The molecule has 3 rings (SSSR count). The second-order valence-electron chi connectivity index (χ2n) is 5.95. The maximum absolute atomic E-state index is 11.6. The second kappa shape index (κ2) is 7.60. The van der Waals surface area contributed by atoms with E-state index >= 15 is 0 Å². The van der Waals surface area contributed by atoms with Gasteiger partial charge in [0.25, 0.3) is 0 Å². The van der Waals surface area contributed by atoms with Crippen molar-refractivity contribution < 1.29 is 9.66 Å². The highest BCUT2D eigenvalue weighted by atomic mass is 16.6. The monoisotopic (exact) mass is 350 g/mol. The molecular formula is C19H18N4O3. The fourth-order valence-electron chi connectivity index (χ4n) is 2.38. The molecule has 0 atom stereocenters. The summed E-state index contributed by atoms with van der Waals surface area (Å²) in [6, 6.07) is 16.5. The highest BCUT2D eigenvalue weighted by molar-refractivity contribution is 5.68. The SMILES string of the molecule is CC(C)c1ccc(Oc2ncnc(Nc3ccccc3)c2[N+](=O)[O-])cc1. The van der Waals surface area contributed by atoms with Crippen molar-refractivity contribution in [2.75, 3.05) is 5.32 Å². The Morgan fingerprint density at radius 1 is 1.04 bits per heavy atom. The Labute approximate surface area is 150 Å². The fourth-order valence-corrected chi connectivity index (χ4v) is 2.38. The summed E-state index contributed by atoms with van der Waals surface area (Å²) >= 11 is 0. The normalized spacial score (nSPS) is 10.6. The molecule has 2 aromatic carbocycles. The molecular weight excluding hydrogens is 332 g/mol. The standard InChI is InChI=1S/C19H18N4O3/c1-13(2)14-8-10-16(11-9-14)26-19-17(23(24)25)18(20-12-21-19)22-15-6-4-3-5-7-15/h3-13H,1-2H3,(H,20,21,22). The zero-order valence-corrected chi connectivity index (χ0v) is 14.4. The molecule has 0 unspecified atom stereocenters. The van der Waals surface area contributed by atoms with Gasteiger partial charge in [-0.3, -0.25) is 10.1 Å². The summed E-state index contributed by atoms with van der Waals surface area (Å²) in [5, 5.41) is 14.5. The second-order valence-corrected chi connectivity index (χ2v) is 5.95. The highest BCUT2D eigenvalue weighted by Gasteiger charge is 2.25. The van der Waals surface area contributed by atoms with Crippen LogP contribution >= 0.6 is 0 Å². The number of ether oxygens (including phenoxy) is 1. The van der Waals surface area contributed by atoms with Gasteiger partial charge in [0, 0.05) is 5.69 Å². The van der Waals surface area contributed by atoms with Crippen molar-refractivity contribution in [1.29, 1.82) is 0 Å². The number of benzene rings is 2. The third-order valence-electron chi connectivity index (χ3n) is 3.77. The maximum atomic E-state index is 11.6. The minimum atomic E-state index is -0.552. The zero-order valence-electron chi connectivity index (χ0n) is 14.4. The Balaban J connectivity index is 1.91. The summed E-state index contributed by atoms with van der Waals surface area (Å²) in [6.45, 7) is 4.18. The van der Waals surface area contributed by atoms with Gasteiger partial charge in [-0.15, -0.1) is 0 Å². The first-order chi connectivity index (χ1) is 12.5. The molecule has 0 spiro atoms. The van der Waals surface area contributed by atoms with Crippen LogP contribution in [0.2, 0.25) is 0 Å². The van der Waals surface area contributed by atoms with Crippen LogP contribution in [0.1, 0.15) is 25.3 Å². The van der Waals surface area contributed by atoms with Gasteiger partial charge < -0.3 is 10.1 Å². The number of nitrogens with one attached hydrogen (secondary N) is 1. The van der Waals surface area contributed by atoms with Crippen molar-refractivity contribution in [2.45, 2.75) is 19.8 Å². The first-order valence-corrected chi connectivity index (χ1v) is 8.14. The van der Waals surface area contributed by atoms with E-state index in [0.717, 1.165) is 5.56 Å². The lowest BCUT2D eigenvalue weighted by Crippen LogP contribution is -2.03. The first-order valence-electron chi connectivity index (χ1n) is 8.14. The van der Waals surface area contributed by atoms with E-state index in [1.54, 1.807) is 24.3 Å². The van der Waals surface area contributed by atoms with Gasteiger partial charge in [0.15, 0.2) is 0 Å². The molecule has 0 fully saturated rings. The first kappa shape index (κ1) is 17.3. The van der Waals surface area contributed by atoms with Crippen LogP contribution in [0.15, 0.2) is 60.9 Å². The minimum absolute atomic E-state index is 0.0741. The zero-order chi connectivity index (χ0) is 18.5. The van der Waals surface area contributed by atoms with Gasteiger partial charge >= 0.3 is 11.6 Å². The van der Waals surface area contributed by atoms with E-state index < -0.39 is 4.92 Å². The van der Waals surface area contributed by atoms with E-state index in [2.05, 4.69) is 29.1 Å². The number of nitro groups is 1. The van der Waals surface area contributed by atoms with E-state index in [1.807, 2.05) is 30.3 Å². The van der Waals surface area contributed by atoms with Crippen LogP contribution < -0.4 is 10.1 Å². The molecule has 0 aliphatic heterocycles. The van der Waals surface area contributed by atoms with E-state index in [4.69, 9.17) is 4.74 Å². The summed E-state index contributed by atoms with van der Waals surface area (Å²) in [5.41, 5.74) is 1.52. The van der Waals surface area contributed by atoms with E-state index in [1.165, 1.54) is 6.33 Å². The average Bonchev–Trinajstić information content (AvgIpc) is 2.63. The fraction of sp³-hybridized carbons (Fsp3) is 0.158. The van der Waals surface area contributed by atoms with Gasteiger partial charge in [-0.05, 0) is 35.7 Å². The molecule has 1 aromatic heterocycles. The number of hydrogen-bond donors (Lipinski definition) is 1. The molecule has 0 saturated carbocycles. The van der Waals surface area contributed by atoms with Crippen LogP contribution in [0.3, 0.4) is 0 Å². The van der Waals surface area contributed by atoms with Crippen molar-refractivity contribution in [3.8, 4) is 11.6 Å². The summed E-state index contributed by atoms with van der Waals surface area (Å²) in [6.07, 6.45) is 1.23. The maximum Gasteiger partial charge on any atom is 0.373 e. The molecule has 1 heterocycles. The molecule has 7 heteroatoms. The Bertz CT molecular complexity index is 896. The summed E-state index contributed by atoms with van der Waals surface area (Å²) in [5.74, 6) is 0.826. The van der Waals surface area contributed by atoms with Crippen molar-refractivity contribution in [3.63, 3.8) is 0 Å². The molecule has 0 saturated heterocycles. The quantitative estimate of drug-likeness (QED) is 0.494. The lowest BCUT2D eigenvalue weighted by molar-refractivity contribution is -0.385. The lowest BCUT2D eigenvalue weighted by atomic mass is 10.0. The van der Waals surface area contributed by atoms with Crippen LogP contribution in [-0.2, 0) is 0 Å². The summed E-state index contributed by atoms with van der Waals surface area (Å²) in [7, 11) is 0. The highest BCUT2D eigenvalue weighted by Crippen LogP contribution is 2.35. The van der Waals surface area contributed by atoms with E-state index in [0.29, 0.717) is 17.4 Å². The van der Waals surface area contributed by atoms with Crippen LogP contribution in [0, 0.1) is 10.1 Å². The molecule has 0 aliphatic rings. The third-order valence-corrected chi connectivity index (χ3v) is 3.77. The van der Waals surface area contributed by atoms with E-state index in [-0.39, 0.29) is 17.4 Å². The Morgan fingerprint density at radius 3 is 2.35 bits per heavy atom. The van der Waals surface area contributed by atoms with Gasteiger partial charge in [-0.1, -0.05) is 44.2 Å². The molecule has 1 N–H and O–H groups in total. The van der Waals surface area contributed by atoms with Crippen molar-refractivity contribution >= 4 is 17.2 Å². The molecule has 0 bridgehead atoms. The molecule has 132 valence electrons. The molecule has 0 aliphatic carbocycles. The topological polar surface area (TPSA) is 90.2 Å². The number of para-hydroxylation sites is 1. The molecule has 26 heavy (non-hydrogen) atoms.